The first kappa shape index (κ1) is 12.2. The molecule has 84 valence electrons. The van der Waals surface area contributed by atoms with Crippen molar-refractivity contribution in [2.75, 3.05) is 6.54 Å². The van der Waals surface area contributed by atoms with E-state index in [0.717, 1.165) is 12.0 Å². The second-order valence-corrected chi connectivity index (χ2v) is 6.28. The summed E-state index contributed by atoms with van der Waals surface area (Å²) in [6.07, 6.45) is 0.780. The van der Waals surface area contributed by atoms with E-state index in [1.165, 1.54) is 0 Å². The molecule has 0 aliphatic heterocycles. The normalized spacial score (nSPS) is 12.0. The summed E-state index contributed by atoms with van der Waals surface area (Å²) >= 11 is 0. The van der Waals surface area contributed by atoms with Crippen LogP contribution in [0.1, 0.15) is 19.4 Å². The summed E-state index contributed by atoms with van der Waals surface area (Å²) in [5, 5.41) is -0.377. The maximum Gasteiger partial charge on any atom is 0.180 e. The third-order valence-electron chi connectivity index (χ3n) is 2.31. The molecule has 0 fully saturated rings. The standard InChI is InChI=1S/C11H17NO2S/c1-9(2)15(13,14)11-5-3-10(4-6-11)7-8-12/h3-6,9H,7-8,12H2,1-2H3. The van der Waals surface area contributed by atoms with Crippen LogP contribution in [0.4, 0.5) is 0 Å². The van der Waals surface area contributed by atoms with Crippen LogP contribution in [0, 0.1) is 0 Å². The quantitative estimate of drug-likeness (QED) is 0.845. The van der Waals surface area contributed by atoms with E-state index in [-0.39, 0.29) is 5.25 Å². The van der Waals surface area contributed by atoms with Crippen molar-refractivity contribution in [3.05, 3.63) is 29.8 Å². The van der Waals surface area contributed by atoms with Gasteiger partial charge in [0.05, 0.1) is 10.1 Å². The largest absolute Gasteiger partial charge is 0.330 e. The Kier molecular flexibility index (Phi) is 3.88. The monoisotopic (exact) mass is 227 g/mol. The van der Waals surface area contributed by atoms with Gasteiger partial charge in [-0.1, -0.05) is 12.1 Å². The highest BCUT2D eigenvalue weighted by molar-refractivity contribution is 7.92. The summed E-state index contributed by atoms with van der Waals surface area (Å²) < 4.78 is 23.6. The van der Waals surface area contributed by atoms with Crippen LogP contribution in [0.5, 0.6) is 0 Å². The van der Waals surface area contributed by atoms with Crippen LogP contribution in [0.15, 0.2) is 29.2 Å². The van der Waals surface area contributed by atoms with Crippen LogP contribution in [0.3, 0.4) is 0 Å². The lowest BCUT2D eigenvalue weighted by Gasteiger charge is -2.08. The molecule has 0 aliphatic rings. The van der Waals surface area contributed by atoms with E-state index < -0.39 is 9.84 Å². The summed E-state index contributed by atoms with van der Waals surface area (Å²) in [4.78, 5) is 0.387. The molecule has 0 aromatic heterocycles. The maximum absolute atomic E-state index is 11.8. The number of hydrogen-bond donors (Lipinski definition) is 1. The van der Waals surface area contributed by atoms with Gasteiger partial charge < -0.3 is 5.73 Å². The van der Waals surface area contributed by atoms with Gasteiger partial charge in [-0.05, 0) is 44.5 Å². The minimum atomic E-state index is -3.14. The average Bonchev–Trinajstić information content (AvgIpc) is 2.19. The van der Waals surface area contributed by atoms with E-state index in [9.17, 15) is 8.42 Å². The predicted octanol–water partition coefficient (Wildman–Crippen LogP) is 1.37. The van der Waals surface area contributed by atoms with Gasteiger partial charge in [0, 0.05) is 0 Å². The molecule has 4 heteroatoms. The molecule has 1 aromatic rings. The molecule has 0 saturated heterocycles. The Morgan fingerprint density at radius 2 is 1.73 bits per heavy atom. The lowest BCUT2D eigenvalue weighted by molar-refractivity contribution is 0.587. The zero-order valence-electron chi connectivity index (χ0n) is 9.10. The fourth-order valence-electron chi connectivity index (χ4n) is 1.28. The van der Waals surface area contributed by atoms with Crippen LogP contribution in [0.25, 0.3) is 0 Å². The average molecular weight is 227 g/mol. The second-order valence-electron chi connectivity index (χ2n) is 3.78. The zero-order valence-corrected chi connectivity index (χ0v) is 9.92. The summed E-state index contributed by atoms with van der Waals surface area (Å²) in [7, 11) is -3.14. The number of hydrogen-bond acceptors (Lipinski definition) is 3. The third kappa shape index (κ3) is 2.79. The van der Waals surface area contributed by atoms with Crippen molar-refractivity contribution in [1.82, 2.24) is 0 Å². The Hall–Kier alpha value is -0.870. The van der Waals surface area contributed by atoms with Crippen molar-refractivity contribution in [2.24, 2.45) is 5.73 Å². The molecule has 15 heavy (non-hydrogen) atoms. The van der Waals surface area contributed by atoms with Gasteiger partial charge in [0.15, 0.2) is 9.84 Å². The molecule has 0 heterocycles. The van der Waals surface area contributed by atoms with Crippen LogP contribution in [-0.2, 0) is 16.3 Å². The number of rotatable bonds is 4. The molecule has 1 rings (SSSR count). The lowest BCUT2D eigenvalue weighted by atomic mass is 10.2. The molecule has 0 aliphatic carbocycles. The second kappa shape index (κ2) is 4.77. The van der Waals surface area contributed by atoms with Crippen molar-refractivity contribution in [3.63, 3.8) is 0 Å². The van der Waals surface area contributed by atoms with Gasteiger partial charge in [0.1, 0.15) is 0 Å². The molecule has 0 spiro atoms. The Labute approximate surface area is 91.2 Å². The molecule has 0 amide bonds. The van der Waals surface area contributed by atoms with Crippen LogP contribution >= 0.6 is 0 Å². The number of sulfone groups is 1. The molecule has 1 aromatic carbocycles. The van der Waals surface area contributed by atoms with Crippen molar-refractivity contribution < 1.29 is 8.42 Å². The van der Waals surface area contributed by atoms with Crippen molar-refractivity contribution in [2.45, 2.75) is 30.4 Å². The third-order valence-corrected chi connectivity index (χ3v) is 4.48. The molecular weight excluding hydrogens is 210 g/mol. The summed E-state index contributed by atoms with van der Waals surface area (Å²) in [5.41, 5.74) is 6.48. The highest BCUT2D eigenvalue weighted by Crippen LogP contribution is 2.16. The summed E-state index contributed by atoms with van der Waals surface area (Å²) in [6.45, 7) is 3.95. The Morgan fingerprint density at radius 3 is 2.13 bits per heavy atom. The first-order chi connectivity index (χ1) is 6.98. The Bertz CT molecular complexity index is 407. The van der Waals surface area contributed by atoms with Crippen molar-refractivity contribution in [1.29, 1.82) is 0 Å². The van der Waals surface area contributed by atoms with E-state index in [0.29, 0.717) is 11.4 Å². The molecule has 0 bridgehead atoms. The van der Waals surface area contributed by atoms with Gasteiger partial charge in [0.2, 0.25) is 0 Å². The van der Waals surface area contributed by atoms with Gasteiger partial charge in [-0.3, -0.25) is 0 Å². The van der Waals surface area contributed by atoms with Gasteiger partial charge in [-0.25, -0.2) is 8.42 Å². The number of nitrogens with two attached hydrogens (primary N) is 1. The highest BCUT2D eigenvalue weighted by Gasteiger charge is 2.18. The molecule has 0 radical (unpaired) electrons. The van der Waals surface area contributed by atoms with E-state index in [2.05, 4.69) is 0 Å². The topological polar surface area (TPSA) is 60.2 Å². The van der Waals surface area contributed by atoms with Gasteiger partial charge >= 0.3 is 0 Å². The van der Waals surface area contributed by atoms with Gasteiger partial charge in [-0.2, -0.15) is 0 Å². The van der Waals surface area contributed by atoms with E-state index in [1.807, 2.05) is 12.1 Å². The van der Waals surface area contributed by atoms with E-state index in [1.54, 1.807) is 26.0 Å². The van der Waals surface area contributed by atoms with Crippen molar-refractivity contribution >= 4 is 9.84 Å². The smallest absolute Gasteiger partial charge is 0.180 e. The SMILES string of the molecule is CC(C)S(=O)(=O)c1ccc(CCN)cc1. The van der Waals surface area contributed by atoms with Gasteiger partial charge in [-0.15, -0.1) is 0 Å². The molecule has 0 atom stereocenters. The first-order valence-electron chi connectivity index (χ1n) is 5.01. The van der Waals surface area contributed by atoms with Gasteiger partial charge in [0.25, 0.3) is 0 Å². The van der Waals surface area contributed by atoms with Crippen LogP contribution in [-0.4, -0.2) is 20.2 Å². The Morgan fingerprint density at radius 1 is 1.20 bits per heavy atom. The van der Waals surface area contributed by atoms with Crippen LogP contribution < -0.4 is 5.73 Å². The fraction of sp³-hybridized carbons (Fsp3) is 0.455. The summed E-state index contributed by atoms with van der Waals surface area (Å²) in [5.74, 6) is 0. The first-order valence-corrected chi connectivity index (χ1v) is 6.56. The van der Waals surface area contributed by atoms with Crippen LogP contribution in [0.2, 0.25) is 0 Å². The van der Waals surface area contributed by atoms with E-state index in [4.69, 9.17) is 5.73 Å². The molecule has 0 unspecified atom stereocenters. The minimum absolute atomic E-state index is 0.377. The zero-order chi connectivity index (χ0) is 11.5. The van der Waals surface area contributed by atoms with Crippen molar-refractivity contribution in [3.8, 4) is 0 Å². The Balaban J connectivity index is 2.99. The maximum atomic E-state index is 11.8. The molecular formula is C11H17NO2S. The molecule has 0 saturated carbocycles. The minimum Gasteiger partial charge on any atom is -0.330 e. The molecule has 3 nitrogen and oxygen atoms in total. The number of benzene rings is 1. The highest BCUT2D eigenvalue weighted by atomic mass is 32.2. The molecule has 2 N–H and O–H groups in total. The predicted molar refractivity (Wildman–Crippen MR) is 61.5 cm³/mol. The lowest BCUT2D eigenvalue weighted by Crippen LogP contribution is -2.14. The summed E-state index contributed by atoms with van der Waals surface area (Å²) in [6, 6.07) is 6.95. The van der Waals surface area contributed by atoms with E-state index >= 15 is 0 Å². The fourth-order valence-corrected chi connectivity index (χ4v) is 2.34.